The fourth-order valence-corrected chi connectivity index (χ4v) is 2.53. The molecule has 3 rings (SSSR count). The number of carbonyl (C=O) groups excluding carboxylic acids is 1. The summed E-state index contributed by atoms with van der Waals surface area (Å²) < 4.78 is 10.8. The van der Waals surface area contributed by atoms with Crippen molar-refractivity contribution >= 4 is 11.6 Å². The summed E-state index contributed by atoms with van der Waals surface area (Å²) in [7, 11) is 0. The predicted molar refractivity (Wildman–Crippen MR) is 98.9 cm³/mol. The smallest absolute Gasteiger partial charge is 0.226 e. The van der Waals surface area contributed by atoms with Crippen LogP contribution in [0.15, 0.2) is 59.1 Å². The average Bonchev–Trinajstić information content (AvgIpc) is 3.13. The number of carbonyl (C=O) groups is 1. The highest BCUT2D eigenvalue weighted by molar-refractivity contribution is 5.92. The number of rotatable bonds is 8. The third-order valence-electron chi connectivity index (χ3n) is 3.76. The quantitative estimate of drug-likeness (QED) is 0.661. The molecule has 0 bridgehead atoms. The molecule has 0 unspecified atom stereocenters. The highest BCUT2D eigenvalue weighted by atomic mass is 16.5. The van der Waals surface area contributed by atoms with E-state index >= 15 is 0 Å². The highest BCUT2D eigenvalue weighted by Gasteiger charge is 2.10. The number of para-hydroxylation sites is 2. The van der Waals surface area contributed by atoms with Crippen molar-refractivity contribution in [3.8, 4) is 17.1 Å². The molecular formula is C20H21N3O3. The minimum Gasteiger partial charge on any atom is -0.492 e. The van der Waals surface area contributed by atoms with Crippen molar-refractivity contribution in [3.63, 3.8) is 0 Å². The Kier molecular flexibility index (Phi) is 5.98. The second-order valence-corrected chi connectivity index (χ2v) is 5.71. The summed E-state index contributed by atoms with van der Waals surface area (Å²) >= 11 is 0. The third-order valence-corrected chi connectivity index (χ3v) is 3.76. The number of hydrogen-bond donors (Lipinski definition) is 1. The topological polar surface area (TPSA) is 77.2 Å². The molecule has 0 saturated carbocycles. The molecule has 1 heterocycles. The van der Waals surface area contributed by atoms with Crippen molar-refractivity contribution < 1.29 is 14.1 Å². The van der Waals surface area contributed by atoms with Gasteiger partial charge in [-0.2, -0.15) is 4.98 Å². The van der Waals surface area contributed by atoms with Gasteiger partial charge in [-0.05, 0) is 25.5 Å². The normalized spacial score (nSPS) is 10.5. The van der Waals surface area contributed by atoms with E-state index in [0.29, 0.717) is 49.0 Å². The zero-order valence-corrected chi connectivity index (χ0v) is 14.6. The summed E-state index contributed by atoms with van der Waals surface area (Å²) in [6.07, 6.45) is 1.54. The van der Waals surface area contributed by atoms with Crippen LogP contribution < -0.4 is 10.1 Å². The van der Waals surface area contributed by atoms with Crippen LogP contribution in [0.4, 0.5) is 5.69 Å². The van der Waals surface area contributed by atoms with Gasteiger partial charge in [0, 0.05) is 18.4 Å². The first kappa shape index (κ1) is 17.7. The van der Waals surface area contributed by atoms with E-state index < -0.39 is 0 Å². The van der Waals surface area contributed by atoms with Crippen molar-refractivity contribution in [2.24, 2.45) is 0 Å². The van der Waals surface area contributed by atoms with Crippen LogP contribution in [0.5, 0.6) is 5.75 Å². The molecule has 0 atom stereocenters. The molecule has 0 spiro atoms. The summed E-state index contributed by atoms with van der Waals surface area (Å²) in [5.74, 6) is 1.70. The molecule has 1 N–H and O–H groups in total. The van der Waals surface area contributed by atoms with E-state index in [0.717, 1.165) is 5.56 Å². The Labute approximate surface area is 152 Å². The Hall–Kier alpha value is -3.15. The molecule has 1 aromatic heterocycles. The van der Waals surface area contributed by atoms with Gasteiger partial charge >= 0.3 is 0 Å². The first-order chi connectivity index (χ1) is 12.8. The van der Waals surface area contributed by atoms with Crippen LogP contribution >= 0.6 is 0 Å². The van der Waals surface area contributed by atoms with E-state index in [2.05, 4.69) is 15.5 Å². The van der Waals surface area contributed by atoms with E-state index in [1.54, 1.807) is 0 Å². The lowest BCUT2D eigenvalue weighted by Crippen LogP contribution is -2.12. The van der Waals surface area contributed by atoms with Gasteiger partial charge in [-0.15, -0.1) is 0 Å². The molecule has 26 heavy (non-hydrogen) atoms. The summed E-state index contributed by atoms with van der Waals surface area (Å²) in [5, 5.41) is 6.86. The monoisotopic (exact) mass is 351 g/mol. The maximum atomic E-state index is 12.2. The molecular weight excluding hydrogens is 330 g/mol. The average molecular weight is 351 g/mol. The van der Waals surface area contributed by atoms with Gasteiger partial charge in [-0.1, -0.05) is 47.6 Å². The largest absolute Gasteiger partial charge is 0.492 e. The first-order valence-electron chi connectivity index (χ1n) is 8.66. The van der Waals surface area contributed by atoms with E-state index in [-0.39, 0.29) is 5.91 Å². The van der Waals surface area contributed by atoms with E-state index in [1.807, 2.05) is 61.5 Å². The minimum atomic E-state index is -0.0695. The van der Waals surface area contributed by atoms with Crippen LogP contribution in [0.1, 0.15) is 25.7 Å². The van der Waals surface area contributed by atoms with Gasteiger partial charge in [0.05, 0.1) is 12.3 Å². The molecule has 0 aliphatic carbocycles. The summed E-state index contributed by atoms with van der Waals surface area (Å²) in [6.45, 7) is 2.46. The molecule has 0 aliphatic rings. The molecule has 2 aromatic carbocycles. The molecule has 0 saturated heterocycles. The zero-order valence-electron chi connectivity index (χ0n) is 14.6. The first-order valence-corrected chi connectivity index (χ1v) is 8.66. The number of ether oxygens (including phenoxy) is 1. The number of aromatic nitrogens is 2. The SMILES string of the molecule is CCOc1ccccc1NC(=O)CCCc1nc(-c2ccccc2)no1. The maximum Gasteiger partial charge on any atom is 0.226 e. The number of hydrogen-bond acceptors (Lipinski definition) is 5. The van der Waals surface area contributed by atoms with Crippen LogP contribution in [-0.4, -0.2) is 22.7 Å². The number of nitrogens with one attached hydrogen (secondary N) is 1. The minimum absolute atomic E-state index is 0.0695. The lowest BCUT2D eigenvalue weighted by Gasteiger charge is -2.10. The molecule has 0 aliphatic heterocycles. The molecule has 6 heteroatoms. The molecule has 6 nitrogen and oxygen atoms in total. The van der Waals surface area contributed by atoms with Gasteiger partial charge in [-0.3, -0.25) is 4.79 Å². The van der Waals surface area contributed by atoms with E-state index in [4.69, 9.17) is 9.26 Å². The molecule has 0 fully saturated rings. The van der Waals surface area contributed by atoms with Crippen molar-refractivity contribution in [2.75, 3.05) is 11.9 Å². The Balaban J connectivity index is 1.49. The third kappa shape index (κ3) is 4.69. The second kappa shape index (κ2) is 8.80. The molecule has 1 amide bonds. The Morgan fingerprint density at radius 1 is 1.12 bits per heavy atom. The lowest BCUT2D eigenvalue weighted by atomic mass is 10.2. The number of benzene rings is 2. The van der Waals surface area contributed by atoms with Gasteiger partial charge < -0.3 is 14.6 Å². The summed E-state index contributed by atoms with van der Waals surface area (Å²) in [5.41, 5.74) is 1.59. The standard InChI is InChI=1S/C20H21N3O3/c1-2-25-17-12-7-6-11-16(17)21-18(24)13-8-14-19-22-20(23-26-19)15-9-4-3-5-10-15/h3-7,9-12H,2,8,13-14H2,1H3,(H,21,24). The molecule has 134 valence electrons. The van der Waals surface area contributed by atoms with Crippen LogP contribution in [0.3, 0.4) is 0 Å². The van der Waals surface area contributed by atoms with E-state index in [9.17, 15) is 4.79 Å². The van der Waals surface area contributed by atoms with Crippen molar-refractivity contribution in [3.05, 3.63) is 60.5 Å². The van der Waals surface area contributed by atoms with Crippen LogP contribution in [0, 0.1) is 0 Å². The van der Waals surface area contributed by atoms with Gasteiger partial charge in [0.1, 0.15) is 5.75 Å². The van der Waals surface area contributed by atoms with Crippen LogP contribution in [0.25, 0.3) is 11.4 Å². The van der Waals surface area contributed by atoms with Crippen LogP contribution in [0.2, 0.25) is 0 Å². The highest BCUT2D eigenvalue weighted by Crippen LogP contribution is 2.24. The number of nitrogens with zero attached hydrogens (tertiary/aromatic N) is 2. The Morgan fingerprint density at radius 2 is 1.88 bits per heavy atom. The second-order valence-electron chi connectivity index (χ2n) is 5.71. The zero-order chi connectivity index (χ0) is 18.2. The van der Waals surface area contributed by atoms with Crippen molar-refractivity contribution in [2.45, 2.75) is 26.2 Å². The fourth-order valence-electron chi connectivity index (χ4n) is 2.53. The van der Waals surface area contributed by atoms with Gasteiger partial charge in [0.15, 0.2) is 0 Å². The Bertz CT molecular complexity index is 846. The summed E-state index contributed by atoms with van der Waals surface area (Å²) in [6, 6.07) is 17.0. The maximum absolute atomic E-state index is 12.2. The lowest BCUT2D eigenvalue weighted by molar-refractivity contribution is -0.116. The van der Waals surface area contributed by atoms with Crippen molar-refractivity contribution in [1.82, 2.24) is 10.1 Å². The van der Waals surface area contributed by atoms with Gasteiger partial charge in [0.2, 0.25) is 17.6 Å². The van der Waals surface area contributed by atoms with Crippen molar-refractivity contribution in [1.29, 1.82) is 0 Å². The number of anilines is 1. The number of amides is 1. The summed E-state index contributed by atoms with van der Waals surface area (Å²) in [4.78, 5) is 16.5. The number of aryl methyl sites for hydroxylation is 1. The fraction of sp³-hybridized carbons (Fsp3) is 0.250. The van der Waals surface area contributed by atoms with Gasteiger partial charge in [0.25, 0.3) is 0 Å². The predicted octanol–water partition coefficient (Wildman–Crippen LogP) is 4.10. The van der Waals surface area contributed by atoms with Crippen LogP contribution in [-0.2, 0) is 11.2 Å². The molecule has 0 radical (unpaired) electrons. The van der Waals surface area contributed by atoms with Gasteiger partial charge in [-0.25, -0.2) is 0 Å². The molecule has 3 aromatic rings. The Morgan fingerprint density at radius 3 is 2.69 bits per heavy atom. The van der Waals surface area contributed by atoms with E-state index in [1.165, 1.54) is 0 Å².